The van der Waals surface area contributed by atoms with Crippen LogP contribution in [0.25, 0.3) is 0 Å². The first kappa shape index (κ1) is 13.5. The molecule has 1 N–H and O–H groups in total. The Balaban J connectivity index is 1.96. The predicted octanol–water partition coefficient (Wildman–Crippen LogP) is 4.14. The summed E-state index contributed by atoms with van der Waals surface area (Å²) in [6.07, 6.45) is 7.64. The highest BCUT2D eigenvalue weighted by Gasteiger charge is 2.11. The number of hydrogen-bond acceptors (Lipinski definition) is 2. The number of allylic oxidation sites excluding steroid dienone is 1. The number of benzene rings is 1. The van der Waals surface area contributed by atoms with Crippen LogP contribution in [0.3, 0.4) is 0 Å². The molecular weight excluding hydrogens is 246 g/mol. The molecule has 2 nitrogen and oxygen atoms in total. The summed E-state index contributed by atoms with van der Waals surface area (Å²) in [5.41, 5.74) is 1.21. The number of nitrogens with zero attached hydrogens (tertiary/aromatic N) is 1. The smallest absolute Gasteiger partial charge is 0.150 e. The lowest BCUT2D eigenvalue weighted by molar-refractivity contribution is 0.586. The number of hydrogen-bond donors (Lipinski definition) is 1. The van der Waals surface area contributed by atoms with Crippen LogP contribution in [0.15, 0.2) is 23.8 Å². The van der Waals surface area contributed by atoms with E-state index >= 15 is 0 Å². The Morgan fingerprint density at radius 3 is 2.53 bits per heavy atom. The molecule has 1 aromatic carbocycles. The second-order valence-electron chi connectivity index (χ2n) is 4.71. The van der Waals surface area contributed by atoms with Crippen LogP contribution in [0, 0.1) is 23.0 Å². The van der Waals surface area contributed by atoms with Crippen LogP contribution in [-0.4, -0.2) is 6.54 Å². The fourth-order valence-corrected chi connectivity index (χ4v) is 2.29. The van der Waals surface area contributed by atoms with Gasteiger partial charge in [-0.05, 0) is 44.2 Å². The molecule has 0 fully saturated rings. The number of halogens is 2. The molecule has 0 heterocycles. The van der Waals surface area contributed by atoms with Gasteiger partial charge in [0.05, 0.1) is 11.6 Å². The third kappa shape index (κ3) is 3.54. The van der Waals surface area contributed by atoms with E-state index in [2.05, 4.69) is 11.4 Å². The van der Waals surface area contributed by atoms with Crippen molar-refractivity contribution < 1.29 is 8.78 Å². The summed E-state index contributed by atoms with van der Waals surface area (Å²) in [5.74, 6) is -1.43. The molecule has 0 radical (unpaired) electrons. The van der Waals surface area contributed by atoms with Crippen molar-refractivity contribution in [1.82, 2.24) is 0 Å². The Bertz CT molecular complexity index is 506. The third-order valence-corrected chi connectivity index (χ3v) is 3.30. The van der Waals surface area contributed by atoms with Crippen molar-refractivity contribution in [2.24, 2.45) is 0 Å². The molecule has 1 aliphatic rings. The standard InChI is InChI=1S/C15H16F2N2/c16-13-8-12(10-18)9-14(17)15(13)19-7-6-11-4-2-1-3-5-11/h4,8-9,19H,1-3,5-7H2. The highest BCUT2D eigenvalue weighted by Crippen LogP contribution is 2.23. The Kier molecular flexibility index (Phi) is 4.51. The van der Waals surface area contributed by atoms with Crippen molar-refractivity contribution >= 4 is 5.69 Å². The van der Waals surface area contributed by atoms with Crippen molar-refractivity contribution in [1.29, 1.82) is 5.26 Å². The number of nitriles is 1. The van der Waals surface area contributed by atoms with E-state index in [9.17, 15) is 8.78 Å². The van der Waals surface area contributed by atoms with Gasteiger partial charge < -0.3 is 5.32 Å². The summed E-state index contributed by atoms with van der Waals surface area (Å²) in [5, 5.41) is 11.4. The first-order valence-electron chi connectivity index (χ1n) is 6.51. The van der Waals surface area contributed by atoms with Gasteiger partial charge in [0.2, 0.25) is 0 Å². The van der Waals surface area contributed by atoms with Gasteiger partial charge in [0.15, 0.2) is 11.6 Å². The first-order valence-corrected chi connectivity index (χ1v) is 6.51. The monoisotopic (exact) mass is 262 g/mol. The Morgan fingerprint density at radius 1 is 1.21 bits per heavy atom. The SMILES string of the molecule is N#Cc1cc(F)c(NCCC2=CCCCC2)c(F)c1. The lowest BCUT2D eigenvalue weighted by atomic mass is 9.97. The van der Waals surface area contributed by atoms with Crippen molar-refractivity contribution in [3.63, 3.8) is 0 Å². The van der Waals surface area contributed by atoms with Gasteiger partial charge in [0, 0.05) is 6.54 Å². The quantitative estimate of drug-likeness (QED) is 0.828. The van der Waals surface area contributed by atoms with Crippen molar-refractivity contribution in [2.75, 3.05) is 11.9 Å². The molecule has 0 aromatic heterocycles. The molecule has 0 atom stereocenters. The van der Waals surface area contributed by atoms with Crippen LogP contribution in [0.4, 0.5) is 14.5 Å². The molecule has 100 valence electrons. The molecule has 0 amide bonds. The number of rotatable bonds is 4. The van der Waals surface area contributed by atoms with Crippen LogP contribution in [0.5, 0.6) is 0 Å². The molecule has 19 heavy (non-hydrogen) atoms. The average Bonchev–Trinajstić information content (AvgIpc) is 2.42. The molecule has 0 saturated carbocycles. The average molecular weight is 262 g/mol. The summed E-state index contributed by atoms with van der Waals surface area (Å²) in [4.78, 5) is 0. The van der Waals surface area contributed by atoms with Gasteiger partial charge in [0.25, 0.3) is 0 Å². The minimum absolute atomic E-state index is 0.00413. The second-order valence-corrected chi connectivity index (χ2v) is 4.71. The summed E-state index contributed by atoms with van der Waals surface area (Å²) in [6, 6.07) is 3.82. The van der Waals surface area contributed by atoms with Crippen molar-refractivity contribution in [3.8, 4) is 6.07 Å². The molecule has 0 aliphatic heterocycles. The maximum Gasteiger partial charge on any atom is 0.150 e. The van der Waals surface area contributed by atoms with Gasteiger partial charge in [-0.25, -0.2) is 8.78 Å². The summed E-state index contributed by atoms with van der Waals surface area (Å²) in [6.45, 7) is 0.506. The lowest BCUT2D eigenvalue weighted by Crippen LogP contribution is -2.08. The molecule has 4 heteroatoms. The topological polar surface area (TPSA) is 35.8 Å². The van der Waals surface area contributed by atoms with E-state index in [-0.39, 0.29) is 11.3 Å². The van der Waals surface area contributed by atoms with Crippen LogP contribution in [0.2, 0.25) is 0 Å². The molecule has 2 rings (SSSR count). The van der Waals surface area contributed by atoms with Gasteiger partial charge in [-0.1, -0.05) is 11.6 Å². The molecule has 0 unspecified atom stereocenters. The van der Waals surface area contributed by atoms with Crippen LogP contribution < -0.4 is 5.32 Å². The third-order valence-electron chi connectivity index (χ3n) is 3.30. The van der Waals surface area contributed by atoms with E-state index in [1.165, 1.54) is 18.4 Å². The van der Waals surface area contributed by atoms with Gasteiger partial charge >= 0.3 is 0 Å². The minimum atomic E-state index is -0.714. The molecule has 0 bridgehead atoms. The Morgan fingerprint density at radius 2 is 1.95 bits per heavy atom. The van der Waals surface area contributed by atoms with E-state index in [1.807, 2.05) is 0 Å². The zero-order valence-corrected chi connectivity index (χ0v) is 10.7. The van der Waals surface area contributed by atoms with Crippen LogP contribution in [0.1, 0.15) is 37.7 Å². The lowest BCUT2D eigenvalue weighted by Gasteiger charge is -2.14. The van der Waals surface area contributed by atoms with E-state index in [4.69, 9.17) is 5.26 Å². The van der Waals surface area contributed by atoms with Gasteiger partial charge in [-0.3, -0.25) is 0 Å². The first-order chi connectivity index (χ1) is 9.20. The normalized spacial score (nSPS) is 14.7. The Labute approximate surface area is 111 Å². The van der Waals surface area contributed by atoms with E-state index in [1.54, 1.807) is 6.07 Å². The van der Waals surface area contributed by atoms with Gasteiger partial charge in [0.1, 0.15) is 5.69 Å². The Hall–Kier alpha value is -1.89. The summed E-state index contributed by atoms with van der Waals surface area (Å²) < 4.78 is 27.2. The predicted molar refractivity (Wildman–Crippen MR) is 70.7 cm³/mol. The summed E-state index contributed by atoms with van der Waals surface area (Å²) in [7, 11) is 0. The zero-order chi connectivity index (χ0) is 13.7. The van der Waals surface area contributed by atoms with E-state index in [0.717, 1.165) is 31.4 Å². The zero-order valence-electron chi connectivity index (χ0n) is 10.7. The van der Waals surface area contributed by atoms with Crippen molar-refractivity contribution in [2.45, 2.75) is 32.1 Å². The molecule has 0 spiro atoms. The van der Waals surface area contributed by atoms with Crippen molar-refractivity contribution in [3.05, 3.63) is 41.0 Å². The molecule has 1 aliphatic carbocycles. The maximum absolute atomic E-state index is 13.6. The molecule has 0 saturated heterocycles. The number of nitrogens with one attached hydrogen (secondary N) is 1. The maximum atomic E-state index is 13.6. The van der Waals surface area contributed by atoms with Gasteiger partial charge in [-0.2, -0.15) is 5.26 Å². The highest BCUT2D eigenvalue weighted by molar-refractivity contribution is 5.50. The fourth-order valence-electron chi connectivity index (χ4n) is 2.29. The van der Waals surface area contributed by atoms with Crippen LogP contribution in [-0.2, 0) is 0 Å². The highest BCUT2D eigenvalue weighted by atomic mass is 19.1. The minimum Gasteiger partial charge on any atom is -0.380 e. The largest absolute Gasteiger partial charge is 0.380 e. The molecule has 1 aromatic rings. The van der Waals surface area contributed by atoms with Gasteiger partial charge in [-0.15, -0.1) is 0 Å². The second kappa shape index (κ2) is 6.33. The summed E-state index contributed by atoms with van der Waals surface area (Å²) >= 11 is 0. The molecular formula is C15H16F2N2. The number of anilines is 1. The fraction of sp³-hybridized carbons (Fsp3) is 0.400. The van der Waals surface area contributed by atoms with E-state index < -0.39 is 11.6 Å². The van der Waals surface area contributed by atoms with Crippen LogP contribution >= 0.6 is 0 Å². The van der Waals surface area contributed by atoms with E-state index in [0.29, 0.717) is 6.54 Å².